The molecule has 0 aromatic heterocycles. The highest BCUT2D eigenvalue weighted by Gasteiger charge is 2.09. The predicted molar refractivity (Wildman–Crippen MR) is 48.7 cm³/mol. The van der Waals surface area contributed by atoms with Gasteiger partial charge in [-0.15, -0.1) is 0 Å². The summed E-state index contributed by atoms with van der Waals surface area (Å²) in [5.74, 6) is 0.327. The van der Waals surface area contributed by atoms with E-state index in [2.05, 4.69) is 4.90 Å². The lowest BCUT2D eigenvalue weighted by molar-refractivity contribution is 0.332. The van der Waals surface area contributed by atoms with Crippen molar-refractivity contribution in [2.45, 2.75) is 25.7 Å². The molecule has 72 valence electrons. The van der Waals surface area contributed by atoms with Crippen molar-refractivity contribution < 1.29 is 8.76 Å². The quantitative estimate of drug-likeness (QED) is 0.474. The average Bonchev–Trinajstić information content (AvgIpc) is 2.49. The number of rotatable bonds is 5. The molecule has 1 aliphatic heterocycles. The zero-order valence-corrected chi connectivity index (χ0v) is 8.15. The van der Waals surface area contributed by atoms with Gasteiger partial charge in [0.2, 0.25) is 0 Å². The van der Waals surface area contributed by atoms with Crippen LogP contribution in [0.2, 0.25) is 0 Å². The Labute approximate surface area is 76.4 Å². The maximum Gasteiger partial charge on any atom is 0.0102 e. The van der Waals surface area contributed by atoms with E-state index in [0.717, 1.165) is 19.4 Å². The minimum absolute atomic E-state index is 0.327. The molecule has 0 radical (unpaired) electrons. The Kier molecular flexibility index (Phi) is 4.80. The molecule has 0 bridgehead atoms. The molecule has 0 aromatic carbocycles. The summed E-state index contributed by atoms with van der Waals surface area (Å²) in [6.07, 6.45) is 4.46. The Morgan fingerprint density at radius 2 is 1.92 bits per heavy atom. The van der Waals surface area contributed by atoms with Crippen LogP contribution < -0.4 is 0 Å². The molecule has 4 heteroatoms. The summed E-state index contributed by atoms with van der Waals surface area (Å²) in [7, 11) is 0. The van der Waals surface area contributed by atoms with E-state index in [9.17, 15) is 8.76 Å². The summed E-state index contributed by atoms with van der Waals surface area (Å²) >= 11 is -1.84. The van der Waals surface area contributed by atoms with E-state index < -0.39 is 11.1 Å². The van der Waals surface area contributed by atoms with Crippen molar-refractivity contribution in [3.63, 3.8) is 0 Å². The maximum absolute atomic E-state index is 10.2. The fourth-order valence-electron chi connectivity index (χ4n) is 1.56. The topological polar surface area (TPSA) is 43.4 Å². The summed E-state index contributed by atoms with van der Waals surface area (Å²) in [6, 6.07) is 0. The molecule has 0 aliphatic carbocycles. The van der Waals surface area contributed by atoms with Gasteiger partial charge in [-0.2, -0.15) is 0 Å². The van der Waals surface area contributed by atoms with Gasteiger partial charge in [-0.25, -0.2) is 0 Å². The van der Waals surface area contributed by atoms with Gasteiger partial charge in [0, 0.05) is 5.75 Å². The summed E-state index contributed by atoms with van der Waals surface area (Å²) < 4.78 is 20.4. The highest BCUT2D eigenvalue weighted by atomic mass is 32.2. The Hall–Kier alpha value is 0.0700. The van der Waals surface area contributed by atoms with Crippen molar-refractivity contribution in [2.24, 2.45) is 0 Å². The van der Waals surface area contributed by atoms with Crippen molar-refractivity contribution in [1.82, 2.24) is 4.90 Å². The van der Waals surface area contributed by atoms with Gasteiger partial charge in [-0.05, 0) is 45.3 Å². The molecule has 3 nitrogen and oxygen atoms in total. The normalized spacial score (nSPS) is 21.4. The van der Waals surface area contributed by atoms with Crippen LogP contribution in [0.4, 0.5) is 0 Å². The van der Waals surface area contributed by atoms with E-state index in [1.807, 2.05) is 0 Å². The lowest BCUT2D eigenvalue weighted by Gasteiger charge is -2.14. The van der Waals surface area contributed by atoms with E-state index in [1.54, 1.807) is 0 Å². The number of nitrogens with zero attached hydrogens (tertiary/aromatic N) is 1. The van der Waals surface area contributed by atoms with E-state index in [4.69, 9.17) is 0 Å². The Bertz CT molecular complexity index is 146. The largest absolute Gasteiger partial charge is 0.772 e. The molecule has 12 heavy (non-hydrogen) atoms. The third-order valence-corrected chi connectivity index (χ3v) is 2.86. The molecule has 0 N–H and O–H groups in total. The van der Waals surface area contributed by atoms with Crippen LogP contribution in [0.25, 0.3) is 0 Å². The van der Waals surface area contributed by atoms with Gasteiger partial charge in [0.25, 0.3) is 0 Å². The molecule has 0 amide bonds. The van der Waals surface area contributed by atoms with Crippen LogP contribution in [-0.4, -0.2) is 39.0 Å². The van der Waals surface area contributed by atoms with Gasteiger partial charge < -0.3 is 9.45 Å². The fourth-order valence-corrected chi connectivity index (χ4v) is 2.00. The first kappa shape index (κ1) is 10.2. The Balaban J connectivity index is 1.91. The van der Waals surface area contributed by atoms with Crippen LogP contribution in [0.5, 0.6) is 0 Å². The van der Waals surface area contributed by atoms with Gasteiger partial charge in [0.15, 0.2) is 0 Å². The third-order valence-electron chi connectivity index (χ3n) is 2.23. The molecule has 1 fully saturated rings. The molecule has 1 aliphatic rings. The second kappa shape index (κ2) is 5.67. The van der Waals surface area contributed by atoms with Crippen molar-refractivity contribution in [3.8, 4) is 0 Å². The van der Waals surface area contributed by atoms with Crippen molar-refractivity contribution in [3.05, 3.63) is 0 Å². The van der Waals surface area contributed by atoms with Crippen LogP contribution in [0, 0.1) is 0 Å². The minimum Gasteiger partial charge on any atom is -0.772 e. The number of hydrogen-bond donors (Lipinski definition) is 0. The lowest BCUT2D eigenvalue weighted by Crippen LogP contribution is -2.20. The van der Waals surface area contributed by atoms with Crippen LogP contribution >= 0.6 is 0 Å². The predicted octanol–water partition coefficient (Wildman–Crippen LogP) is 0.741. The van der Waals surface area contributed by atoms with Crippen LogP contribution in [0.1, 0.15) is 25.7 Å². The Morgan fingerprint density at radius 3 is 2.50 bits per heavy atom. The molecule has 0 saturated carbocycles. The fraction of sp³-hybridized carbons (Fsp3) is 1.00. The average molecular weight is 190 g/mol. The molecule has 1 atom stereocenters. The molecule has 1 unspecified atom stereocenters. The minimum atomic E-state index is -1.84. The molecule has 1 saturated heterocycles. The standard InChI is InChI=1S/C8H17NO2S/c10-12(11)8-4-3-7-9-5-1-2-6-9/h1-8H2,(H,10,11)/p-1. The van der Waals surface area contributed by atoms with E-state index in [0.29, 0.717) is 5.75 Å². The van der Waals surface area contributed by atoms with E-state index in [1.165, 1.54) is 25.9 Å². The highest BCUT2D eigenvalue weighted by molar-refractivity contribution is 7.79. The van der Waals surface area contributed by atoms with Crippen molar-refractivity contribution >= 4 is 11.1 Å². The lowest BCUT2D eigenvalue weighted by atomic mass is 10.3. The van der Waals surface area contributed by atoms with Crippen LogP contribution in [0.3, 0.4) is 0 Å². The summed E-state index contributed by atoms with van der Waals surface area (Å²) in [6.45, 7) is 3.50. The van der Waals surface area contributed by atoms with Gasteiger partial charge in [0.05, 0.1) is 0 Å². The molecular weight excluding hydrogens is 174 g/mol. The first-order chi connectivity index (χ1) is 5.79. The summed E-state index contributed by atoms with van der Waals surface area (Å²) in [5, 5.41) is 0. The first-order valence-corrected chi connectivity index (χ1v) is 5.81. The second-order valence-electron chi connectivity index (χ2n) is 3.26. The number of likely N-dealkylation sites (tertiary alicyclic amines) is 1. The monoisotopic (exact) mass is 190 g/mol. The Morgan fingerprint density at radius 1 is 1.25 bits per heavy atom. The molecular formula is C8H16NO2S-. The number of hydrogen-bond acceptors (Lipinski definition) is 3. The van der Waals surface area contributed by atoms with Crippen LogP contribution in [-0.2, 0) is 11.1 Å². The third kappa shape index (κ3) is 4.18. The van der Waals surface area contributed by atoms with Gasteiger partial charge in [0.1, 0.15) is 0 Å². The van der Waals surface area contributed by atoms with Crippen molar-refractivity contribution in [1.29, 1.82) is 0 Å². The van der Waals surface area contributed by atoms with E-state index >= 15 is 0 Å². The molecule has 0 aromatic rings. The van der Waals surface area contributed by atoms with Gasteiger partial charge in [-0.1, -0.05) is 11.1 Å². The summed E-state index contributed by atoms with van der Waals surface area (Å²) in [5.41, 5.74) is 0. The first-order valence-electron chi connectivity index (χ1n) is 4.57. The SMILES string of the molecule is O=S([O-])CCCCN1CCCC1. The second-order valence-corrected chi connectivity index (χ2v) is 4.28. The van der Waals surface area contributed by atoms with Crippen LogP contribution in [0.15, 0.2) is 0 Å². The zero-order valence-electron chi connectivity index (χ0n) is 7.33. The zero-order chi connectivity index (χ0) is 8.81. The molecule has 1 rings (SSSR count). The van der Waals surface area contributed by atoms with E-state index in [-0.39, 0.29) is 0 Å². The number of unbranched alkanes of at least 4 members (excludes halogenated alkanes) is 1. The highest BCUT2D eigenvalue weighted by Crippen LogP contribution is 2.08. The smallest absolute Gasteiger partial charge is 0.0102 e. The van der Waals surface area contributed by atoms with Gasteiger partial charge >= 0.3 is 0 Å². The van der Waals surface area contributed by atoms with Gasteiger partial charge in [-0.3, -0.25) is 4.21 Å². The summed E-state index contributed by atoms with van der Waals surface area (Å²) in [4.78, 5) is 2.41. The molecule has 1 heterocycles. The maximum atomic E-state index is 10.2. The van der Waals surface area contributed by atoms with Crippen molar-refractivity contribution in [2.75, 3.05) is 25.4 Å². The molecule has 0 spiro atoms.